The minimum atomic E-state index is -0.599. The van der Waals surface area contributed by atoms with Crippen molar-refractivity contribution >= 4 is 33.8 Å². The lowest BCUT2D eigenvalue weighted by Gasteiger charge is -2.12. The summed E-state index contributed by atoms with van der Waals surface area (Å²) in [6, 6.07) is 13.0. The normalized spacial score (nSPS) is 13.1. The summed E-state index contributed by atoms with van der Waals surface area (Å²) in [5.41, 5.74) is 1.92. The molecule has 31 heavy (non-hydrogen) atoms. The van der Waals surface area contributed by atoms with Crippen LogP contribution in [-0.4, -0.2) is 18.9 Å². The Morgan fingerprint density at radius 2 is 1.68 bits per heavy atom. The van der Waals surface area contributed by atoms with E-state index in [-0.39, 0.29) is 11.5 Å². The van der Waals surface area contributed by atoms with E-state index in [4.69, 9.17) is 4.74 Å². The van der Waals surface area contributed by atoms with Gasteiger partial charge in [-0.1, -0.05) is 30.7 Å². The van der Waals surface area contributed by atoms with Crippen LogP contribution >= 0.6 is 11.3 Å². The number of fused-ring (bicyclic) bond motifs is 1. The molecule has 2 amide bonds. The molecule has 160 valence electrons. The first kappa shape index (κ1) is 21.1. The average molecular weight is 439 g/mol. The second kappa shape index (κ2) is 9.31. The molecule has 0 unspecified atom stereocenters. The van der Waals surface area contributed by atoms with Gasteiger partial charge in [-0.25, -0.2) is 4.39 Å². The molecule has 0 fully saturated rings. The number of hydrogen-bond acceptors (Lipinski definition) is 4. The number of hydrogen-bond donors (Lipinski definition) is 2. The van der Waals surface area contributed by atoms with E-state index in [0.717, 1.165) is 42.5 Å². The Labute approximate surface area is 184 Å². The molecule has 0 saturated heterocycles. The van der Waals surface area contributed by atoms with Gasteiger partial charge in [-0.05, 0) is 55.5 Å². The fourth-order valence-corrected chi connectivity index (χ4v) is 5.10. The molecule has 1 aromatic heterocycles. The van der Waals surface area contributed by atoms with Crippen molar-refractivity contribution < 1.29 is 18.7 Å². The van der Waals surface area contributed by atoms with Gasteiger partial charge in [-0.2, -0.15) is 0 Å². The van der Waals surface area contributed by atoms with Gasteiger partial charge in [0.1, 0.15) is 16.6 Å². The Balaban J connectivity index is 1.70. The van der Waals surface area contributed by atoms with Gasteiger partial charge >= 0.3 is 0 Å². The Kier molecular flexibility index (Phi) is 6.32. The van der Waals surface area contributed by atoms with Crippen molar-refractivity contribution in [3.05, 3.63) is 75.9 Å². The third-order valence-electron chi connectivity index (χ3n) is 5.35. The van der Waals surface area contributed by atoms with E-state index < -0.39 is 11.7 Å². The number of benzene rings is 2. The number of carbonyl (C=O) groups is 2. The number of halogens is 1. The van der Waals surface area contributed by atoms with Crippen molar-refractivity contribution in [1.82, 2.24) is 0 Å². The van der Waals surface area contributed by atoms with Crippen LogP contribution in [0.2, 0.25) is 0 Å². The van der Waals surface area contributed by atoms with Gasteiger partial charge in [0.05, 0.1) is 23.9 Å². The quantitative estimate of drug-likeness (QED) is 0.505. The van der Waals surface area contributed by atoms with Gasteiger partial charge < -0.3 is 15.4 Å². The number of rotatable bonds is 5. The molecule has 5 nitrogen and oxygen atoms in total. The summed E-state index contributed by atoms with van der Waals surface area (Å²) in [5.74, 6) is -0.930. The van der Waals surface area contributed by atoms with E-state index in [2.05, 4.69) is 10.6 Å². The van der Waals surface area contributed by atoms with E-state index in [1.807, 2.05) is 12.1 Å². The number of ether oxygens (including phenoxy) is 1. The maximum absolute atomic E-state index is 14.1. The monoisotopic (exact) mass is 438 g/mol. The molecule has 0 radical (unpaired) electrons. The molecule has 0 spiro atoms. The Hall–Kier alpha value is -3.19. The van der Waals surface area contributed by atoms with Crippen LogP contribution < -0.4 is 15.4 Å². The zero-order valence-electron chi connectivity index (χ0n) is 17.2. The Morgan fingerprint density at radius 3 is 2.48 bits per heavy atom. The molecule has 1 aliphatic rings. The van der Waals surface area contributed by atoms with Crippen LogP contribution in [0.4, 0.5) is 15.1 Å². The van der Waals surface area contributed by atoms with Crippen LogP contribution in [0.25, 0.3) is 0 Å². The minimum Gasteiger partial charge on any atom is -0.495 e. The fourth-order valence-electron chi connectivity index (χ4n) is 3.82. The highest BCUT2D eigenvalue weighted by molar-refractivity contribution is 7.17. The van der Waals surface area contributed by atoms with E-state index >= 15 is 0 Å². The first-order chi connectivity index (χ1) is 15.1. The lowest BCUT2D eigenvalue weighted by Crippen LogP contribution is -2.19. The molecule has 0 bridgehead atoms. The van der Waals surface area contributed by atoms with Crippen molar-refractivity contribution in [3.8, 4) is 5.75 Å². The number of nitrogens with one attached hydrogen (secondary N) is 2. The van der Waals surface area contributed by atoms with Crippen LogP contribution in [0.15, 0.2) is 48.5 Å². The first-order valence-corrected chi connectivity index (χ1v) is 11.0. The molecule has 2 N–H and O–H groups in total. The molecule has 1 heterocycles. The maximum atomic E-state index is 14.1. The number of amides is 2. The van der Waals surface area contributed by atoms with Crippen LogP contribution in [0.5, 0.6) is 5.75 Å². The summed E-state index contributed by atoms with van der Waals surface area (Å²) in [4.78, 5) is 27.2. The second-order valence-electron chi connectivity index (χ2n) is 7.36. The third kappa shape index (κ3) is 4.46. The van der Waals surface area contributed by atoms with Crippen molar-refractivity contribution in [2.75, 3.05) is 17.7 Å². The number of para-hydroxylation sites is 2. The SMILES string of the molecule is COc1ccccc1NC(=O)c1c(NC(=O)c2ccccc2F)sc2c1CCCCC2. The number of carbonyl (C=O) groups excluding carboxylic acids is 2. The van der Waals surface area contributed by atoms with Crippen LogP contribution in [0.3, 0.4) is 0 Å². The zero-order valence-corrected chi connectivity index (χ0v) is 18.0. The predicted molar refractivity (Wildman–Crippen MR) is 121 cm³/mol. The van der Waals surface area contributed by atoms with Gasteiger partial charge in [0.25, 0.3) is 11.8 Å². The van der Waals surface area contributed by atoms with Crippen molar-refractivity contribution in [1.29, 1.82) is 0 Å². The average Bonchev–Trinajstić information content (AvgIpc) is 2.94. The highest BCUT2D eigenvalue weighted by atomic mass is 32.1. The summed E-state index contributed by atoms with van der Waals surface area (Å²) in [6.45, 7) is 0. The largest absolute Gasteiger partial charge is 0.495 e. The van der Waals surface area contributed by atoms with Gasteiger partial charge in [0, 0.05) is 4.88 Å². The predicted octanol–water partition coefficient (Wildman–Crippen LogP) is 5.67. The summed E-state index contributed by atoms with van der Waals surface area (Å²) in [5, 5.41) is 6.16. The summed E-state index contributed by atoms with van der Waals surface area (Å²) < 4.78 is 19.4. The molecular formula is C24H23FN2O3S. The van der Waals surface area contributed by atoms with Gasteiger partial charge in [0.15, 0.2) is 0 Å². The standard InChI is InChI=1S/C24H23FN2O3S/c1-30-19-13-8-7-12-18(19)26-23(29)21-16-10-3-2-4-14-20(16)31-24(21)27-22(28)15-9-5-6-11-17(15)25/h5-9,11-13H,2-4,10,14H2,1H3,(H,26,29)(H,27,28). The highest BCUT2D eigenvalue weighted by Gasteiger charge is 2.27. The van der Waals surface area contributed by atoms with Gasteiger partial charge in [-0.3, -0.25) is 9.59 Å². The van der Waals surface area contributed by atoms with Crippen LogP contribution in [-0.2, 0) is 12.8 Å². The molecule has 0 atom stereocenters. The van der Waals surface area contributed by atoms with Crippen LogP contribution in [0, 0.1) is 5.82 Å². The Morgan fingerprint density at radius 1 is 0.935 bits per heavy atom. The number of anilines is 2. The second-order valence-corrected chi connectivity index (χ2v) is 8.46. The topological polar surface area (TPSA) is 67.4 Å². The molecule has 0 aliphatic heterocycles. The van der Waals surface area contributed by atoms with Gasteiger partial charge in [-0.15, -0.1) is 11.3 Å². The molecule has 4 rings (SSSR count). The number of methoxy groups -OCH3 is 1. The zero-order chi connectivity index (χ0) is 21.8. The molecule has 1 aliphatic carbocycles. The molecule has 2 aromatic carbocycles. The fraction of sp³-hybridized carbons (Fsp3) is 0.250. The first-order valence-electron chi connectivity index (χ1n) is 10.2. The number of thiophene rings is 1. The van der Waals surface area contributed by atoms with E-state index in [9.17, 15) is 14.0 Å². The molecular weight excluding hydrogens is 415 g/mol. The van der Waals surface area contributed by atoms with Crippen LogP contribution in [0.1, 0.15) is 50.4 Å². The van der Waals surface area contributed by atoms with E-state index in [1.54, 1.807) is 25.3 Å². The minimum absolute atomic E-state index is 0.0535. The Bertz CT molecular complexity index is 1130. The summed E-state index contributed by atoms with van der Waals surface area (Å²) in [6.07, 6.45) is 4.77. The van der Waals surface area contributed by atoms with Gasteiger partial charge in [0.2, 0.25) is 0 Å². The molecule has 0 saturated carbocycles. The maximum Gasteiger partial charge on any atom is 0.259 e. The summed E-state index contributed by atoms with van der Waals surface area (Å²) in [7, 11) is 1.54. The molecule has 7 heteroatoms. The smallest absolute Gasteiger partial charge is 0.259 e. The summed E-state index contributed by atoms with van der Waals surface area (Å²) >= 11 is 1.41. The third-order valence-corrected chi connectivity index (χ3v) is 6.56. The van der Waals surface area contributed by atoms with Crippen molar-refractivity contribution in [2.24, 2.45) is 0 Å². The lowest BCUT2D eigenvalue weighted by molar-refractivity contribution is 0.102. The molecule has 3 aromatic rings. The van der Waals surface area contributed by atoms with E-state index in [1.165, 1.54) is 29.5 Å². The number of aryl methyl sites for hydroxylation is 1. The highest BCUT2D eigenvalue weighted by Crippen LogP contribution is 2.38. The lowest BCUT2D eigenvalue weighted by atomic mass is 10.0. The van der Waals surface area contributed by atoms with Crippen molar-refractivity contribution in [3.63, 3.8) is 0 Å². The van der Waals surface area contributed by atoms with Crippen molar-refractivity contribution in [2.45, 2.75) is 32.1 Å². The van der Waals surface area contributed by atoms with E-state index in [0.29, 0.717) is 22.0 Å².